The maximum absolute atomic E-state index is 12.3. The molecule has 7 nitrogen and oxygen atoms in total. The largest absolute Gasteiger partial charge is 0.502 e. The second-order valence-corrected chi connectivity index (χ2v) is 6.71. The van der Waals surface area contributed by atoms with E-state index in [2.05, 4.69) is 10.3 Å². The van der Waals surface area contributed by atoms with Crippen molar-refractivity contribution in [1.82, 2.24) is 5.32 Å². The summed E-state index contributed by atoms with van der Waals surface area (Å²) < 4.78 is 15.7. The Balaban J connectivity index is 1.82. The number of benzene rings is 2. The SMILES string of the molecule is CCOc1ccc(N=C2NC(=O)/C(=C\c3cc(OC)c(O)c(OC)c3)S2)cc1. The first-order chi connectivity index (χ1) is 13.5. The first-order valence-electron chi connectivity index (χ1n) is 8.51. The summed E-state index contributed by atoms with van der Waals surface area (Å²) in [7, 11) is 2.90. The number of carbonyl (C=O) groups excluding carboxylic acids is 1. The number of hydrogen-bond acceptors (Lipinski definition) is 7. The topological polar surface area (TPSA) is 89.4 Å². The number of phenolic OH excluding ortho intramolecular Hbond substituents is 1. The normalized spacial score (nSPS) is 16.3. The van der Waals surface area contributed by atoms with E-state index in [4.69, 9.17) is 14.2 Å². The van der Waals surface area contributed by atoms with Crippen molar-refractivity contribution in [3.63, 3.8) is 0 Å². The Morgan fingerprint density at radius 1 is 1.14 bits per heavy atom. The number of methoxy groups -OCH3 is 2. The fourth-order valence-electron chi connectivity index (χ4n) is 2.53. The Kier molecular flexibility index (Phi) is 6.10. The van der Waals surface area contributed by atoms with Gasteiger partial charge in [-0.25, -0.2) is 4.99 Å². The molecule has 1 aliphatic heterocycles. The van der Waals surface area contributed by atoms with E-state index in [1.165, 1.54) is 26.0 Å². The van der Waals surface area contributed by atoms with Gasteiger partial charge in [0.1, 0.15) is 5.75 Å². The molecular formula is C20H20N2O5S. The third-order valence-electron chi connectivity index (χ3n) is 3.83. The minimum absolute atomic E-state index is 0.0894. The summed E-state index contributed by atoms with van der Waals surface area (Å²) in [6.45, 7) is 2.52. The van der Waals surface area contributed by atoms with Gasteiger partial charge in [-0.05, 0) is 66.7 Å². The molecule has 8 heteroatoms. The van der Waals surface area contributed by atoms with Gasteiger partial charge in [0.15, 0.2) is 16.7 Å². The second kappa shape index (κ2) is 8.71. The number of carbonyl (C=O) groups is 1. The van der Waals surface area contributed by atoms with Crippen LogP contribution < -0.4 is 19.5 Å². The van der Waals surface area contributed by atoms with E-state index in [0.717, 1.165) is 5.75 Å². The predicted octanol–water partition coefficient (Wildman–Crippen LogP) is 3.70. The van der Waals surface area contributed by atoms with Gasteiger partial charge in [-0.2, -0.15) is 0 Å². The number of ether oxygens (including phenoxy) is 3. The Hall–Kier alpha value is -3.13. The molecule has 1 saturated heterocycles. The third-order valence-corrected chi connectivity index (χ3v) is 4.74. The summed E-state index contributed by atoms with van der Waals surface area (Å²) >= 11 is 1.23. The molecule has 2 aromatic rings. The van der Waals surface area contributed by atoms with Gasteiger partial charge in [-0.3, -0.25) is 4.79 Å². The van der Waals surface area contributed by atoms with Crippen molar-refractivity contribution in [2.45, 2.75) is 6.92 Å². The summed E-state index contributed by atoms with van der Waals surface area (Å²) in [6, 6.07) is 10.6. The molecular weight excluding hydrogens is 380 g/mol. The molecule has 0 spiro atoms. The number of amides is 1. The third kappa shape index (κ3) is 4.40. The summed E-state index contributed by atoms with van der Waals surface area (Å²) in [5, 5.41) is 13.2. The van der Waals surface area contributed by atoms with Crippen LogP contribution in [0.2, 0.25) is 0 Å². The van der Waals surface area contributed by atoms with E-state index in [0.29, 0.717) is 27.9 Å². The van der Waals surface area contributed by atoms with Crippen molar-refractivity contribution >= 4 is 34.6 Å². The standard InChI is InChI=1S/C20H20N2O5S/c1-4-27-14-7-5-13(6-8-14)21-20-22-19(24)17(28-20)11-12-9-15(25-2)18(23)16(10-12)26-3/h5-11,23H,4H2,1-3H3,(H,21,22,24)/b17-11+. The van der Waals surface area contributed by atoms with Crippen LogP contribution in [0.1, 0.15) is 12.5 Å². The Bertz CT molecular complexity index is 913. The molecule has 0 bridgehead atoms. The van der Waals surface area contributed by atoms with E-state index in [-0.39, 0.29) is 23.2 Å². The number of phenols is 1. The van der Waals surface area contributed by atoms with Crippen molar-refractivity contribution in [2.75, 3.05) is 20.8 Å². The Morgan fingerprint density at radius 3 is 2.36 bits per heavy atom. The molecule has 3 rings (SSSR count). The minimum atomic E-state index is -0.249. The molecule has 0 atom stereocenters. The van der Waals surface area contributed by atoms with Crippen LogP contribution in [0.5, 0.6) is 23.0 Å². The zero-order chi connectivity index (χ0) is 20.1. The number of hydrogen-bond donors (Lipinski definition) is 2. The molecule has 146 valence electrons. The highest BCUT2D eigenvalue weighted by atomic mass is 32.2. The van der Waals surface area contributed by atoms with Crippen LogP contribution in [0.3, 0.4) is 0 Å². The number of nitrogens with zero attached hydrogens (tertiary/aromatic N) is 1. The summed E-state index contributed by atoms with van der Waals surface area (Å²) in [5.41, 5.74) is 1.37. The highest BCUT2D eigenvalue weighted by Gasteiger charge is 2.24. The van der Waals surface area contributed by atoms with Crippen LogP contribution in [0.4, 0.5) is 5.69 Å². The smallest absolute Gasteiger partial charge is 0.264 e. The van der Waals surface area contributed by atoms with E-state index in [1.807, 2.05) is 31.2 Å². The lowest BCUT2D eigenvalue weighted by atomic mass is 10.1. The van der Waals surface area contributed by atoms with Crippen LogP contribution in [0.25, 0.3) is 6.08 Å². The molecule has 1 fully saturated rings. The fourth-order valence-corrected chi connectivity index (χ4v) is 3.37. The Labute approximate surface area is 167 Å². The van der Waals surface area contributed by atoms with Crippen molar-refractivity contribution in [3.05, 3.63) is 46.9 Å². The lowest BCUT2D eigenvalue weighted by molar-refractivity contribution is -0.115. The van der Waals surface area contributed by atoms with Gasteiger partial charge in [-0.1, -0.05) is 0 Å². The van der Waals surface area contributed by atoms with Gasteiger partial charge in [0.2, 0.25) is 5.75 Å². The summed E-state index contributed by atoms with van der Waals surface area (Å²) in [6.07, 6.45) is 1.69. The zero-order valence-electron chi connectivity index (χ0n) is 15.7. The van der Waals surface area contributed by atoms with Crippen LogP contribution in [0.15, 0.2) is 46.3 Å². The molecule has 0 aromatic heterocycles. The molecule has 0 saturated carbocycles. The van der Waals surface area contributed by atoms with Gasteiger partial charge >= 0.3 is 0 Å². The highest BCUT2D eigenvalue weighted by molar-refractivity contribution is 8.18. The van der Waals surface area contributed by atoms with Gasteiger partial charge in [0.05, 0.1) is 31.4 Å². The fraction of sp³-hybridized carbons (Fsp3) is 0.200. The average molecular weight is 400 g/mol. The van der Waals surface area contributed by atoms with Crippen molar-refractivity contribution in [3.8, 4) is 23.0 Å². The lowest BCUT2D eigenvalue weighted by Crippen LogP contribution is -2.19. The average Bonchev–Trinajstić information content (AvgIpc) is 3.03. The predicted molar refractivity (Wildman–Crippen MR) is 110 cm³/mol. The Morgan fingerprint density at radius 2 is 1.79 bits per heavy atom. The molecule has 1 amide bonds. The van der Waals surface area contributed by atoms with Gasteiger partial charge in [-0.15, -0.1) is 0 Å². The van der Waals surface area contributed by atoms with Crippen molar-refractivity contribution in [1.29, 1.82) is 0 Å². The quantitative estimate of drug-likeness (QED) is 0.719. The van der Waals surface area contributed by atoms with Crippen molar-refractivity contribution < 1.29 is 24.1 Å². The number of aromatic hydroxyl groups is 1. The van der Waals surface area contributed by atoms with E-state index in [1.54, 1.807) is 18.2 Å². The number of nitrogens with one attached hydrogen (secondary N) is 1. The molecule has 0 aliphatic carbocycles. The van der Waals surface area contributed by atoms with Crippen LogP contribution >= 0.6 is 11.8 Å². The highest BCUT2D eigenvalue weighted by Crippen LogP contribution is 2.38. The van der Waals surface area contributed by atoms with Gasteiger partial charge in [0.25, 0.3) is 5.91 Å². The van der Waals surface area contributed by atoms with Crippen LogP contribution in [-0.4, -0.2) is 37.0 Å². The lowest BCUT2D eigenvalue weighted by Gasteiger charge is -2.09. The molecule has 2 N–H and O–H groups in total. The summed E-state index contributed by atoms with van der Waals surface area (Å²) in [5.74, 6) is 0.954. The molecule has 1 heterocycles. The first kappa shape index (κ1) is 19.6. The molecule has 1 aliphatic rings. The monoisotopic (exact) mass is 400 g/mol. The second-order valence-electron chi connectivity index (χ2n) is 5.68. The van der Waals surface area contributed by atoms with E-state index in [9.17, 15) is 9.90 Å². The molecule has 0 unspecified atom stereocenters. The van der Waals surface area contributed by atoms with Crippen LogP contribution in [-0.2, 0) is 4.79 Å². The van der Waals surface area contributed by atoms with E-state index < -0.39 is 0 Å². The van der Waals surface area contributed by atoms with Gasteiger partial charge in [0, 0.05) is 0 Å². The number of thioether (sulfide) groups is 1. The number of rotatable bonds is 6. The van der Waals surface area contributed by atoms with Crippen LogP contribution in [0, 0.1) is 0 Å². The molecule has 0 radical (unpaired) electrons. The molecule has 28 heavy (non-hydrogen) atoms. The van der Waals surface area contributed by atoms with Gasteiger partial charge < -0.3 is 24.6 Å². The first-order valence-corrected chi connectivity index (χ1v) is 9.33. The maximum atomic E-state index is 12.3. The molecule has 2 aromatic carbocycles. The van der Waals surface area contributed by atoms with Crippen molar-refractivity contribution in [2.24, 2.45) is 4.99 Å². The number of aliphatic imine (C=N–C) groups is 1. The summed E-state index contributed by atoms with van der Waals surface area (Å²) in [4.78, 5) is 17.2. The number of amidine groups is 1. The minimum Gasteiger partial charge on any atom is -0.502 e. The maximum Gasteiger partial charge on any atom is 0.264 e. The zero-order valence-corrected chi connectivity index (χ0v) is 16.5. The van der Waals surface area contributed by atoms with E-state index >= 15 is 0 Å².